The van der Waals surface area contributed by atoms with Crippen LogP contribution in [-0.4, -0.2) is 116 Å². The number of nitrogens with two attached hydrogens (primary N) is 2. The number of methoxy groups -OCH3 is 1. The topological polar surface area (TPSA) is 342 Å². The minimum atomic E-state index is -4.27. The number of β-amino-alcohol motifs (C(OH)–C–C–N with tert-alkyl or cyclic N) is 1. The number of benzene rings is 1. The maximum absolute atomic E-state index is 11.7. The van der Waals surface area contributed by atoms with E-state index in [9.17, 15) is 66.1 Å². The molecule has 0 aromatic heterocycles. The molecule has 3 unspecified atom stereocenters. The predicted molar refractivity (Wildman–Crippen MR) is 106 cm³/mol. The summed E-state index contributed by atoms with van der Waals surface area (Å²) in [5.41, 5.74) is -1.08. The third kappa shape index (κ3) is 3.86. The fourth-order valence-corrected chi connectivity index (χ4v) is 3.22. The first kappa shape index (κ1) is 28.5. The number of amides is 1. The van der Waals surface area contributed by atoms with E-state index in [0.29, 0.717) is 6.92 Å². The van der Waals surface area contributed by atoms with Gasteiger partial charge in [-0.05, 0) is 6.92 Å². The van der Waals surface area contributed by atoms with Crippen molar-refractivity contribution in [1.82, 2.24) is 5.32 Å². The van der Waals surface area contributed by atoms with Crippen LogP contribution in [0.1, 0.15) is 12.5 Å². The zero-order valence-electron chi connectivity index (χ0n) is 18.2. The zero-order chi connectivity index (χ0) is 27.6. The number of nitrogens with one attached hydrogen (secondary N) is 1. The first-order chi connectivity index (χ1) is 15.5. The second-order valence-electron chi connectivity index (χ2n) is 8.19. The third-order valence-electron chi connectivity index (χ3n) is 5.63. The largest absolute Gasteiger partial charge is 0.504 e. The van der Waals surface area contributed by atoms with E-state index in [1.165, 1.54) is 0 Å². The van der Waals surface area contributed by atoms with Crippen LogP contribution in [0.5, 0.6) is 28.7 Å². The molecule has 18 nitrogen and oxygen atoms in total. The van der Waals surface area contributed by atoms with Gasteiger partial charge in [0.1, 0.15) is 6.61 Å². The quantitative estimate of drug-likeness (QED) is 0.0871. The molecule has 0 aliphatic carbocycles. The van der Waals surface area contributed by atoms with Gasteiger partial charge in [0.2, 0.25) is 23.0 Å². The number of aromatic hydroxyl groups is 3. The van der Waals surface area contributed by atoms with Crippen LogP contribution in [0.4, 0.5) is 0 Å². The van der Waals surface area contributed by atoms with E-state index in [1.54, 1.807) is 0 Å². The van der Waals surface area contributed by atoms with Gasteiger partial charge in [-0.1, -0.05) is 0 Å². The van der Waals surface area contributed by atoms with E-state index in [0.717, 1.165) is 7.11 Å². The summed E-state index contributed by atoms with van der Waals surface area (Å²) in [6, 6.07) is 0. The molecule has 18 heteroatoms. The molecular weight excluding hydrogens is 486 g/mol. The van der Waals surface area contributed by atoms with E-state index >= 15 is 0 Å². The van der Waals surface area contributed by atoms with Crippen LogP contribution in [0.3, 0.4) is 0 Å². The van der Waals surface area contributed by atoms with Crippen molar-refractivity contribution in [2.75, 3.05) is 20.3 Å². The van der Waals surface area contributed by atoms with Gasteiger partial charge in [-0.3, -0.25) is 10.5 Å². The Balaban J connectivity index is 2.63. The van der Waals surface area contributed by atoms with Gasteiger partial charge in [0, 0.05) is 0 Å². The van der Waals surface area contributed by atoms with E-state index in [1.807, 2.05) is 5.32 Å². The molecule has 35 heavy (non-hydrogen) atoms. The van der Waals surface area contributed by atoms with Crippen LogP contribution in [0.2, 0.25) is 0 Å². The standard InChI is InChI=1S/C17H27N3O15/c1-12(18,25)16(19,31)17(32,33)14(27,28)4-35-10-7(22)5(6(21)8(23)9(10)34-2)13(26)3-20-11(24)15(13,29)30/h21-23,25-33H,3-4,18-19H2,1-2H3,(H,20,24). The second kappa shape index (κ2) is 8.15. The molecule has 1 fully saturated rings. The Bertz CT molecular complexity index is 1020. The SMILES string of the molecule is COc1c(O)c(O)c(C2(O)CNC(=O)C2(O)O)c(O)c1OCC(O)(O)C(O)(O)C(N)(O)C(C)(N)O. The molecule has 1 aromatic carbocycles. The molecule has 200 valence electrons. The van der Waals surface area contributed by atoms with Crippen LogP contribution in [0.25, 0.3) is 0 Å². The molecule has 17 N–H and O–H groups in total. The minimum Gasteiger partial charge on any atom is -0.504 e. The van der Waals surface area contributed by atoms with Gasteiger partial charge in [-0.2, -0.15) is 0 Å². The smallest absolute Gasteiger partial charge is 0.283 e. The van der Waals surface area contributed by atoms with E-state index in [4.69, 9.17) is 20.9 Å². The highest BCUT2D eigenvalue weighted by atomic mass is 16.6. The van der Waals surface area contributed by atoms with Crippen LogP contribution < -0.4 is 26.3 Å². The molecule has 0 spiro atoms. The highest BCUT2D eigenvalue weighted by molar-refractivity contribution is 5.89. The van der Waals surface area contributed by atoms with Crippen LogP contribution in [-0.2, 0) is 10.4 Å². The van der Waals surface area contributed by atoms with Gasteiger partial charge >= 0.3 is 0 Å². The Morgan fingerprint density at radius 1 is 0.943 bits per heavy atom. The van der Waals surface area contributed by atoms with E-state index in [-0.39, 0.29) is 0 Å². The Kier molecular flexibility index (Phi) is 6.63. The number of carbonyl (C=O) groups is 1. The fraction of sp³-hybridized carbons (Fsp3) is 0.588. The van der Waals surface area contributed by atoms with Gasteiger partial charge in [0.05, 0.1) is 19.2 Å². The second-order valence-corrected chi connectivity index (χ2v) is 8.19. The van der Waals surface area contributed by atoms with Crippen molar-refractivity contribution < 1.29 is 75.5 Å². The van der Waals surface area contributed by atoms with Crippen LogP contribution in [0, 0.1) is 0 Å². The van der Waals surface area contributed by atoms with Crippen molar-refractivity contribution in [3.8, 4) is 28.7 Å². The lowest BCUT2D eigenvalue weighted by Gasteiger charge is -2.47. The molecule has 0 radical (unpaired) electrons. The molecule has 1 amide bonds. The molecule has 1 aliphatic heterocycles. The van der Waals surface area contributed by atoms with Crippen LogP contribution in [0.15, 0.2) is 0 Å². The normalized spacial score (nSPS) is 23.9. The average Bonchev–Trinajstić information content (AvgIpc) is 2.91. The number of phenolic OH excluding ortho intramolecular Hbond substituents is 3. The van der Waals surface area contributed by atoms with Crippen molar-refractivity contribution in [3.05, 3.63) is 5.56 Å². The number of aliphatic hydroxyl groups is 9. The summed E-state index contributed by atoms with van der Waals surface area (Å²) in [6.07, 6.45) is 0. The fourth-order valence-electron chi connectivity index (χ4n) is 3.22. The maximum atomic E-state index is 11.7. The molecule has 1 heterocycles. The first-order valence-electron chi connectivity index (χ1n) is 9.38. The Hall–Kier alpha value is -2.75. The lowest BCUT2D eigenvalue weighted by Crippen LogP contribution is -2.82. The number of rotatable bonds is 8. The molecule has 1 saturated heterocycles. The van der Waals surface area contributed by atoms with Crippen molar-refractivity contribution in [2.45, 2.75) is 41.3 Å². The van der Waals surface area contributed by atoms with Gasteiger partial charge in [-0.25, -0.2) is 0 Å². The van der Waals surface area contributed by atoms with Gasteiger partial charge < -0.3 is 81.8 Å². The van der Waals surface area contributed by atoms with Crippen molar-refractivity contribution in [1.29, 1.82) is 0 Å². The molecule has 1 aliphatic rings. The van der Waals surface area contributed by atoms with E-state index < -0.39 is 87.8 Å². The summed E-state index contributed by atoms with van der Waals surface area (Å²) >= 11 is 0. The molecule has 1 aromatic rings. The van der Waals surface area contributed by atoms with E-state index in [2.05, 4.69) is 0 Å². The minimum absolute atomic E-state index is 0.567. The summed E-state index contributed by atoms with van der Waals surface area (Å²) in [5.74, 6) is -19.9. The predicted octanol–water partition coefficient (Wildman–Crippen LogP) is -7.13. The summed E-state index contributed by atoms with van der Waals surface area (Å²) in [5, 5.41) is 124. The highest BCUT2D eigenvalue weighted by Crippen LogP contribution is 2.57. The molecule has 3 atom stereocenters. The first-order valence-corrected chi connectivity index (χ1v) is 9.38. The van der Waals surface area contributed by atoms with Crippen molar-refractivity contribution in [2.24, 2.45) is 11.5 Å². The number of phenols is 3. The third-order valence-corrected chi connectivity index (χ3v) is 5.63. The average molecular weight is 513 g/mol. The Morgan fingerprint density at radius 2 is 1.46 bits per heavy atom. The van der Waals surface area contributed by atoms with Crippen molar-refractivity contribution in [3.63, 3.8) is 0 Å². The number of hydrogen-bond acceptors (Lipinski definition) is 17. The summed E-state index contributed by atoms with van der Waals surface area (Å²) in [7, 11) is 0.843. The molecular formula is C17H27N3O15. The van der Waals surface area contributed by atoms with Crippen molar-refractivity contribution >= 4 is 5.91 Å². The monoisotopic (exact) mass is 513 g/mol. The number of ether oxygens (including phenoxy) is 2. The summed E-state index contributed by atoms with van der Waals surface area (Å²) in [4.78, 5) is 11.7. The Labute approximate surface area is 195 Å². The Morgan fingerprint density at radius 3 is 1.86 bits per heavy atom. The molecule has 0 saturated carbocycles. The number of hydrogen-bond donors (Lipinski definition) is 15. The molecule has 0 bridgehead atoms. The maximum Gasteiger partial charge on any atom is 0.283 e. The molecule has 2 rings (SSSR count). The highest BCUT2D eigenvalue weighted by Gasteiger charge is 2.67. The number of carbonyl (C=O) groups excluding carboxylic acids is 1. The zero-order valence-corrected chi connectivity index (χ0v) is 18.2. The lowest BCUT2D eigenvalue weighted by molar-refractivity contribution is -0.432. The summed E-state index contributed by atoms with van der Waals surface area (Å²) in [6.45, 7) is -2.25. The van der Waals surface area contributed by atoms with Crippen LogP contribution >= 0.6 is 0 Å². The lowest BCUT2D eigenvalue weighted by atomic mass is 9.85. The van der Waals surface area contributed by atoms with Gasteiger partial charge in [-0.15, -0.1) is 0 Å². The summed E-state index contributed by atoms with van der Waals surface area (Å²) < 4.78 is 9.59. The van der Waals surface area contributed by atoms with Gasteiger partial charge in [0.25, 0.3) is 23.3 Å². The van der Waals surface area contributed by atoms with Gasteiger partial charge in [0.15, 0.2) is 22.8 Å².